The summed E-state index contributed by atoms with van der Waals surface area (Å²) in [5.74, 6) is 0.975. The summed E-state index contributed by atoms with van der Waals surface area (Å²) in [6.45, 7) is 8.00. The van der Waals surface area contributed by atoms with E-state index in [0.29, 0.717) is 19.6 Å². The molecule has 3 rings (SSSR count). The number of guanidine groups is 1. The first-order valence-corrected chi connectivity index (χ1v) is 10.8. The van der Waals surface area contributed by atoms with E-state index in [0.717, 1.165) is 24.4 Å². The Morgan fingerprint density at radius 2 is 2.07 bits per heavy atom. The normalized spacial score (nSPS) is 18.9. The smallest absolute Gasteiger partial charge is 0.194 e. The molecule has 2 heterocycles. The van der Waals surface area contributed by atoms with E-state index in [1.54, 1.807) is 13.8 Å². The fourth-order valence-corrected chi connectivity index (χ4v) is 4.74. The molecular weight excluding hydrogens is 475 g/mol. The van der Waals surface area contributed by atoms with Crippen molar-refractivity contribution in [3.8, 4) is 0 Å². The number of para-hydroxylation sites is 1. The van der Waals surface area contributed by atoms with E-state index < -0.39 is 14.6 Å². The third-order valence-electron chi connectivity index (χ3n) is 5.00. The maximum absolute atomic E-state index is 12.2. The Hall–Kier alpha value is -1.29. The summed E-state index contributed by atoms with van der Waals surface area (Å²) in [6, 6.07) is 8.26. The molecule has 2 N–H and O–H groups in total. The lowest BCUT2D eigenvalue weighted by atomic mass is 10.1. The van der Waals surface area contributed by atoms with Gasteiger partial charge in [0.1, 0.15) is 0 Å². The van der Waals surface area contributed by atoms with Crippen LogP contribution in [-0.4, -0.2) is 60.9 Å². The molecule has 1 fully saturated rings. The van der Waals surface area contributed by atoms with Gasteiger partial charge in [0.2, 0.25) is 0 Å². The van der Waals surface area contributed by atoms with Crippen LogP contribution in [0.15, 0.2) is 35.5 Å². The summed E-state index contributed by atoms with van der Waals surface area (Å²) in [4.78, 5) is 10.1. The largest absolute Gasteiger partial charge is 0.361 e. The van der Waals surface area contributed by atoms with Crippen molar-refractivity contribution in [3.05, 3.63) is 36.0 Å². The van der Waals surface area contributed by atoms with E-state index in [4.69, 9.17) is 4.99 Å². The molecule has 2 aromatic rings. The number of fused-ring (bicyclic) bond motifs is 1. The summed E-state index contributed by atoms with van der Waals surface area (Å²) in [6.07, 6.45) is 2.89. The summed E-state index contributed by atoms with van der Waals surface area (Å²) in [5, 5.41) is 4.54. The third-order valence-corrected chi connectivity index (χ3v) is 7.53. The number of halogens is 1. The predicted molar refractivity (Wildman–Crippen MR) is 123 cm³/mol. The number of sulfone groups is 1. The van der Waals surface area contributed by atoms with Crippen molar-refractivity contribution in [2.24, 2.45) is 4.99 Å². The lowest BCUT2D eigenvalue weighted by Gasteiger charge is -2.39. The van der Waals surface area contributed by atoms with Crippen LogP contribution in [0.4, 0.5) is 0 Å². The number of nitrogens with zero attached hydrogens (tertiary/aromatic N) is 2. The van der Waals surface area contributed by atoms with Crippen LogP contribution in [0, 0.1) is 0 Å². The molecule has 27 heavy (non-hydrogen) atoms. The highest BCUT2D eigenvalue weighted by Gasteiger charge is 2.40. The van der Waals surface area contributed by atoms with Gasteiger partial charge in [-0.1, -0.05) is 18.2 Å². The van der Waals surface area contributed by atoms with Crippen molar-refractivity contribution in [1.29, 1.82) is 0 Å². The molecule has 1 aromatic carbocycles. The molecule has 0 unspecified atom stereocenters. The molecule has 0 aliphatic carbocycles. The average molecular weight is 504 g/mol. The van der Waals surface area contributed by atoms with Gasteiger partial charge < -0.3 is 15.2 Å². The molecule has 6 nitrogen and oxygen atoms in total. The highest BCUT2D eigenvalue weighted by Crippen LogP contribution is 2.24. The van der Waals surface area contributed by atoms with Gasteiger partial charge in [-0.15, -0.1) is 24.0 Å². The Balaban J connectivity index is 0.00000261. The zero-order valence-electron chi connectivity index (χ0n) is 16.2. The maximum Gasteiger partial charge on any atom is 0.194 e. The Labute approximate surface area is 178 Å². The molecule has 0 saturated carbocycles. The van der Waals surface area contributed by atoms with E-state index in [1.807, 2.05) is 25.3 Å². The number of H-pyrrole nitrogens is 1. The van der Waals surface area contributed by atoms with Crippen molar-refractivity contribution in [2.75, 3.05) is 31.9 Å². The van der Waals surface area contributed by atoms with Gasteiger partial charge in [0.05, 0.1) is 10.5 Å². The van der Waals surface area contributed by atoms with Crippen LogP contribution in [-0.2, 0) is 16.3 Å². The second-order valence-electron chi connectivity index (χ2n) is 7.35. The van der Waals surface area contributed by atoms with Gasteiger partial charge in [-0.05, 0) is 38.8 Å². The summed E-state index contributed by atoms with van der Waals surface area (Å²) < 4.78 is 23.7. The van der Waals surface area contributed by atoms with Crippen molar-refractivity contribution in [1.82, 2.24) is 15.2 Å². The van der Waals surface area contributed by atoms with E-state index in [2.05, 4.69) is 27.3 Å². The topological polar surface area (TPSA) is 77.6 Å². The van der Waals surface area contributed by atoms with E-state index in [9.17, 15) is 8.42 Å². The van der Waals surface area contributed by atoms with Gasteiger partial charge in [0.25, 0.3) is 0 Å². The van der Waals surface area contributed by atoms with Crippen molar-refractivity contribution in [2.45, 2.75) is 31.9 Å². The number of nitrogens with one attached hydrogen (secondary N) is 2. The zero-order valence-corrected chi connectivity index (χ0v) is 19.3. The Morgan fingerprint density at radius 1 is 1.33 bits per heavy atom. The first kappa shape index (κ1) is 22.0. The predicted octanol–water partition coefficient (Wildman–Crippen LogP) is 2.80. The highest BCUT2D eigenvalue weighted by molar-refractivity contribution is 14.0. The van der Waals surface area contributed by atoms with Gasteiger partial charge in [0, 0.05) is 43.3 Å². The molecule has 1 aliphatic rings. The molecule has 0 radical (unpaired) electrons. The molecule has 0 spiro atoms. The van der Waals surface area contributed by atoms with Gasteiger partial charge in [-0.3, -0.25) is 4.99 Å². The fraction of sp³-hybridized carbons (Fsp3) is 0.526. The number of aliphatic imine (C=N–C) groups is 1. The molecule has 1 aromatic heterocycles. The molecule has 1 aliphatic heterocycles. The second-order valence-corrected chi connectivity index (χ2v) is 10.1. The first-order valence-electron chi connectivity index (χ1n) is 9.14. The van der Waals surface area contributed by atoms with Crippen molar-refractivity contribution < 1.29 is 8.42 Å². The van der Waals surface area contributed by atoms with Gasteiger partial charge in [0.15, 0.2) is 15.8 Å². The fourth-order valence-electron chi connectivity index (χ4n) is 3.37. The molecule has 150 valence electrons. The Bertz CT molecular complexity index is 905. The zero-order chi connectivity index (χ0) is 18.8. The number of hydrogen-bond donors (Lipinski definition) is 2. The number of hydrogen-bond acceptors (Lipinski definition) is 3. The molecule has 8 heteroatoms. The molecule has 0 bridgehead atoms. The average Bonchev–Trinajstić information content (AvgIpc) is 3.00. The van der Waals surface area contributed by atoms with Gasteiger partial charge >= 0.3 is 0 Å². The number of benzene rings is 1. The second kappa shape index (κ2) is 8.81. The molecule has 0 atom stereocenters. The van der Waals surface area contributed by atoms with Crippen LogP contribution in [0.2, 0.25) is 0 Å². The summed E-state index contributed by atoms with van der Waals surface area (Å²) >= 11 is 0. The summed E-state index contributed by atoms with van der Waals surface area (Å²) in [7, 11) is -3.05. The number of aromatic amines is 1. The monoisotopic (exact) mass is 504 g/mol. The minimum absolute atomic E-state index is 0. The molecule has 0 amide bonds. The number of aromatic nitrogens is 1. The quantitative estimate of drug-likeness (QED) is 0.382. The van der Waals surface area contributed by atoms with Crippen LogP contribution in [0.1, 0.15) is 26.3 Å². The third kappa shape index (κ3) is 4.77. The van der Waals surface area contributed by atoms with E-state index >= 15 is 0 Å². The summed E-state index contributed by atoms with van der Waals surface area (Å²) in [5.41, 5.74) is 2.39. The first-order chi connectivity index (χ1) is 12.3. The standard InChI is InChI=1S/C19H28N4O2S.HI/c1-4-20-18(23-11-12-26(24,25)19(2,3)14-23)21-10-9-15-13-22-17-8-6-5-7-16(15)17;/h5-8,13,22H,4,9-12,14H2,1-3H3,(H,20,21);1H. The van der Waals surface area contributed by atoms with Crippen LogP contribution < -0.4 is 5.32 Å². The van der Waals surface area contributed by atoms with Gasteiger partial charge in [-0.25, -0.2) is 8.42 Å². The van der Waals surface area contributed by atoms with Crippen molar-refractivity contribution in [3.63, 3.8) is 0 Å². The van der Waals surface area contributed by atoms with Crippen LogP contribution >= 0.6 is 24.0 Å². The van der Waals surface area contributed by atoms with E-state index in [1.165, 1.54) is 10.9 Å². The minimum Gasteiger partial charge on any atom is -0.361 e. The van der Waals surface area contributed by atoms with E-state index in [-0.39, 0.29) is 29.7 Å². The van der Waals surface area contributed by atoms with Gasteiger partial charge in [-0.2, -0.15) is 0 Å². The number of rotatable bonds is 4. The van der Waals surface area contributed by atoms with Crippen LogP contribution in [0.25, 0.3) is 10.9 Å². The maximum atomic E-state index is 12.2. The lowest BCUT2D eigenvalue weighted by molar-refractivity contribution is 0.353. The SMILES string of the molecule is CCNC(=NCCc1c[nH]c2ccccc12)N1CCS(=O)(=O)C(C)(C)C1.I. The molecule has 1 saturated heterocycles. The Morgan fingerprint density at radius 3 is 2.78 bits per heavy atom. The van der Waals surface area contributed by atoms with Crippen molar-refractivity contribution >= 4 is 50.7 Å². The van der Waals surface area contributed by atoms with Crippen LogP contribution in [0.3, 0.4) is 0 Å². The molecular formula is C19H29IN4O2S. The lowest BCUT2D eigenvalue weighted by Crippen LogP contribution is -2.57. The van der Waals surface area contributed by atoms with Crippen LogP contribution in [0.5, 0.6) is 0 Å². The Kier molecular flexibility index (Phi) is 7.18. The minimum atomic E-state index is -3.05. The highest BCUT2D eigenvalue weighted by atomic mass is 127.